The molecule has 0 heterocycles. The Morgan fingerprint density at radius 3 is 2.30 bits per heavy atom. The summed E-state index contributed by atoms with van der Waals surface area (Å²) in [6.45, 7) is 3.35. The van der Waals surface area contributed by atoms with Crippen molar-refractivity contribution in [2.45, 2.75) is 13.8 Å². The van der Waals surface area contributed by atoms with Gasteiger partial charge in [-0.25, -0.2) is 4.79 Å². The van der Waals surface area contributed by atoms with Gasteiger partial charge in [-0.3, -0.25) is 14.9 Å². The van der Waals surface area contributed by atoms with Gasteiger partial charge in [0.15, 0.2) is 0 Å². The average molecular weight is 314 g/mol. The number of nitrogens with zero attached hydrogens (tertiary/aromatic N) is 1. The van der Waals surface area contributed by atoms with Gasteiger partial charge >= 0.3 is 5.97 Å². The van der Waals surface area contributed by atoms with Gasteiger partial charge in [0.1, 0.15) is 5.69 Å². The van der Waals surface area contributed by atoms with Gasteiger partial charge in [-0.1, -0.05) is 18.2 Å². The van der Waals surface area contributed by atoms with Gasteiger partial charge in [0.2, 0.25) is 0 Å². The Bertz CT molecular complexity index is 814. The summed E-state index contributed by atoms with van der Waals surface area (Å²) < 4.78 is 0. The molecule has 0 saturated heterocycles. The average Bonchev–Trinajstić information content (AvgIpc) is 2.49. The van der Waals surface area contributed by atoms with E-state index in [0.717, 1.165) is 0 Å². The quantitative estimate of drug-likeness (QED) is 0.665. The molecule has 0 fully saturated rings. The second-order valence-electron chi connectivity index (χ2n) is 5.04. The molecule has 2 aromatic rings. The van der Waals surface area contributed by atoms with E-state index >= 15 is 0 Å². The van der Waals surface area contributed by atoms with E-state index in [4.69, 9.17) is 5.11 Å². The van der Waals surface area contributed by atoms with E-state index in [9.17, 15) is 19.7 Å². The number of carboxylic acid groups (broad SMARTS) is 1. The van der Waals surface area contributed by atoms with Crippen molar-refractivity contribution in [3.05, 3.63) is 68.8 Å². The number of nitrogens with one attached hydrogen (secondary N) is 1. The van der Waals surface area contributed by atoms with E-state index in [2.05, 4.69) is 5.32 Å². The van der Waals surface area contributed by atoms with Crippen molar-refractivity contribution >= 4 is 23.3 Å². The van der Waals surface area contributed by atoms with Crippen molar-refractivity contribution in [3.63, 3.8) is 0 Å². The highest BCUT2D eigenvalue weighted by Gasteiger charge is 2.22. The summed E-state index contributed by atoms with van der Waals surface area (Å²) >= 11 is 0. The molecule has 118 valence electrons. The lowest BCUT2D eigenvalue weighted by Gasteiger charge is -2.11. The van der Waals surface area contributed by atoms with Gasteiger partial charge in [-0.2, -0.15) is 0 Å². The number of aryl methyl sites for hydroxylation is 2. The molecular formula is C16H14N2O5. The van der Waals surface area contributed by atoms with E-state index in [1.54, 1.807) is 19.9 Å². The molecule has 0 unspecified atom stereocenters. The number of nitro groups is 1. The maximum Gasteiger partial charge on any atom is 0.336 e. The molecule has 2 N–H and O–H groups in total. The Balaban J connectivity index is 2.46. The fourth-order valence-electron chi connectivity index (χ4n) is 2.30. The largest absolute Gasteiger partial charge is 0.478 e. The fourth-order valence-corrected chi connectivity index (χ4v) is 2.30. The molecule has 0 aromatic heterocycles. The minimum atomic E-state index is -1.24. The highest BCUT2D eigenvalue weighted by atomic mass is 16.6. The summed E-state index contributed by atoms with van der Waals surface area (Å²) in [6, 6.07) is 8.73. The normalized spacial score (nSPS) is 10.2. The van der Waals surface area contributed by atoms with Crippen LogP contribution >= 0.6 is 0 Å². The maximum atomic E-state index is 12.4. The molecule has 0 atom stereocenters. The van der Waals surface area contributed by atoms with Crippen molar-refractivity contribution < 1.29 is 19.6 Å². The SMILES string of the molecule is Cc1cc(C)c(NC(=O)c2ccccc2C(=O)O)c([N+](=O)[O-])c1. The molecule has 23 heavy (non-hydrogen) atoms. The summed E-state index contributed by atoms with van der Waals surface area (Å²) in [5.41, 5.74) is 0.817. The lowest BCUT2D eigenvalue weighted by atomic mass is 10.1. The molecule has 7 heteroatoms. The Hall–Kier alpha value is -3.22. The van der Waals surface area contributed by atoms with Crippen molar-refractivity contribution in [3.8, 4) is 0 Å². The molecule has 0 radical (unpaired) electrons. The van der Waals surface area contributed by atoms with Crippen molar-refractivity contribution in [1.29, 1.82) is 0 Å². The number of aromatic carboxylic acids is 1. The van der Waals surface area contributed by atoms with Crippen LogP contribution < -0.4 is 5.32 Å². The monoisotopic (exact) mass is 314 g/mol. The maximum absolute atomic E-state index is 12.4. The molecule has 1 amide bonds. The molecule has 0 aliphatic rings. The second-order valence-corrected chi connectivity index (χ2v) is 5.04. The van der Waals surface area contributed by atoms with E-state index in [1.807, 2.05) is 0 Å². The van der Waals surface area contributed by atoms with E-state index in [0.29, 0.717) is 11.1 Å². The van der Waals surface area contributed by atoms with Crippen LogP contribution in [0.3, 0.4) is 0 Å². The molecule has 2 aromatic carbocycles. The van der Waals surface area contributed by atoms with Crippen LogP contribution in [0.25, 0.3) is 0 Å². The lowest BCUT2D eigenvalue weighted by Crippen LogP contribution is -2.17. The number of carboxylic acids is 1. The zero-order valence-corrected chi connectivity index (χ0v) is 12.5. The fraction of sp³-hybridized carbons (Fsp3) is 0.125. The summed E-state index contributed by atoms with van der Waals surface area (Å²) in [5.74, 6) is -1.95. The number of amides is 1. The molecule has 0 aliphatic heterocycles. The molecule has 2 rings (SSSR count). The van der Waals surface area contributed by atoms with Gasteiger partial charge in [0.25, 0.3) is 11.6 Å². The van der Waals surface area contributed by atoms with Gasteiger partial charge in [0.05, 0.1) is 16.1 Å². The van der Waals surface area contributed by atoms with Crippen LogP contribution in [0.15, 0.2) is 36.4 Å². The smallest absolute Gasteiger partial charge is 0.336 e. The Labute approximate surface area is 131 Å². The Kier molecular flexibility index (Phi) is 4.40. The molecule has 0 aliphatic carbocycles. The van der Waals surface area contributed by atoms with Crippen LogP contribution in [-0.4, -0.2) is 21.9 Å². The Morgan fingerprint density at radius 2 is 1.74 bits per heavy atom. The van der Waals surface area contributed by atoms with Crippen LogP contribution in [0.4, 0.5) is 11.4 Å². The minimum Gasteiger partial charge on any atom is -0.478 e. The number of carbonyl (C=O) groups is 2. The topological polar surface area (TPSA) is 110 Å². The lowest BCUT2D eigenvalue weighted by molar-refractivity contribution is -0.384. The van der Waals surface area contributed by atoms with Crippen LogP contribution in [0.1, 0.15) is 31.8 Å². The Morgan fingerprint density at radius 1 is 1.13 bits per heavy atom. The summed E-state index contributed by atoms with van der Waals surface area (Å²) in [4.78, 5) is 34.1. The standard InChI is InChI=1S/C16H14N2O5/c1-9-7-10(2)14(13(8-9)18(22)23)17-15(19)11-5-3-4-6-12(11)16(20)21/h3-8H,1-2H3,(H,17,19)(H,20,21). The first-order chi connectivity index (χ1) is 10.8. The predicted molar refractivity (Wildman–Crippen MR) is 83.9 cm³/mol. The second kappa shape index (κ2) is 6.27. The van der Waals surface area contributed by atoms with Crippen molar-refractivity contribution in [1.82, 2.24) is 0 Å². The number of hydrogen-bond acceptors (Lipinski definition) is 4. The summed E-state index contributed by atoms with van der Waals surface area (Å²) in [7, 11) is 0. The molecule has 7 nitrogen and oxygen atoms in total. The van der Waals surface area contributed by atoms with E-state index < -0.39 is 16.8 Å². The first-order valence-electron chi connectivity index (χ1n) is 6.70. The number of benzene rings is 2. The molecule has 0 spiro atoms. The molecule has 0 bridgehead atoms. The van der Waals surface area contributed by atoms with Crippen LogP contribution in [0.5, 0.6) is 0 Å². The third-order valence-electron chi connectivity index (χ3n) is 3.30. The summed E-state index contributed by atoms with van der Waals surface area (Å²) in [5, 5.41) is 22.8. The van der Waals surface area contributed by atoms with Crippen LogP contribution in [-0.2, 0) is 0 Å². The minimum absolute atomic E-state index is 0.0609. The van der Waals surface area contributed by atoms with Gasteiger partial charge in [-0.15, -0.1) is 0 Å². The first kappa shape index (κ1) is 16.2. The number of anilines is 1. The summed E-state index contributed by atoms with van der Waals surface area (Å²) in [6.07, 6.45) is 0. The van der Waals surface area contributed by atoms with Crippen LogP contribution in [0, 0.1) is 24.0 Å². The van der Waals surface area contributed by atoms with E-state index in [-0.39, 0.29) is 22.5 Å². The number of rotatable bonds is 4. The van der Waals surface area contributed by atoms with Crippen molar-refractivity contribution in [2.75, 3.05) is 5.32 Å². The third kappa shape index (κ3) is 3.34. The first-order valence-corrected chi connectivity index (χ1v) is 6.70. The highest BCUT2D eigenvalue weighted by molar-refractivity contribution is 6.11. The third-order valence-corrected chi connectivity index (χ3v) is 3.30. The predicted octanol–water partition coefficient (Wildman–Crippen LogP) is 3.16. The highest BCUT2D eigenvalue weighted by Crippen LogP contribution is 2.30. The van der Waals surface area contributed by atoms with Gasteiger partial charge < -0.3 is 10.4 Å². The van der Waals surface area contributed by atoms with Gasteiger partial charge in [0, 0.05) is 6.07 Å². The van der Waals surface area contributed by atoms with E-state index in [1.165, 1.54) is 30.3 Å². The zero-order chi connectivity index (χ0) is 17.1. The number of hydrogen-bond donors (Lipinski definition) is 2. The number of nitro benzene ring substituents is 1. The van der Waals surface area contributed by atoms with Crippen LogP contribution in [0.2, 0.25) is 0 Å². The van der Waals surface area contributed by atoms with Gasteiger partial charge in [-0.05, 0) is 37.1 Å². The molecular weight excluding hydrogens is 300 g/mol. The zero-order valence-electron chi connectivity index (χ0n) is 12.5. The number of carbonyl (C=O) groups excluding carboxylic acids is 1. The van der Waals surface area contributed by atoms with Crippen molar-refractivity contribution in [2.24, 2.45) is 0 Å². The molecule has 0 saturated carbocycles.